The molecule has 0 bridgehead atoms. The highest BCUT2D eigenvalue weighted by molar-refractivity contribution is 6.04. The molecule has 2 fully saturated rings. The van der Waals surface area contributed by atoms with Crippen molar-refractivity contribution in [2.45, 2.75) is 57.3 Å². The second-order valence-electron chi connectivity index (χ2n) is 11.5. The van der Waals surface area contributed by atoms with E-state index in [1.807, 2.05) is 6.07 Å². The van der Waals surface area contributed by atoms with Gasteiger partial charge in [-0.3, -0.25) is 14.5 Å². The van der Waals surface area contributed by atoms with Gasteiger partial charge in [0.25, 0.3) is 11.5 Å². The van der Waals surface area contributed by atoms with Gasteiger partial charge in [0.2, 0.25) is 0 Å². The van der Waals surface area contributed by atoms with Crippen molar-refractivity contribution >= 4 is 11.7 Å². The number of alkyl halides is 3. The van der Waals surface area contributed by atoms with Gasteiger partial charge < -0.3 is 14.5 Å². The number of benzene rings is 1. The Labute approximate surface area is 250 Å². The number of rotatable bonds is 8. The maximum Gasteiger partial charge on any atom is 0.406 e. The van der Waals surface area contributed by atoms with Gasteiger partial charge in [0, 0.05) is 37.0 Å². The maximum absolute atomic E-state index is 14.4. The number of pyridine rings is 2. The average molecular weight is 610 g/mol. The summed E-state index contributed by atoms with van der Waals surface area (Å²) in [7, 11) is 1.74. The van der Waals surface area contributed by atoms with E-state index < -0.39 is 35.6 Å². The third-order valence-corrected chi connectivity index (χ3v) is 7.92. The van der Waals surface area contributed by atoms with Crippen LogP contribution in [0.1, 0.15) is 59.6 Å². The largest absolute Gasteiger partial charge is 0.406 e. The highest BCUT2D eigenvalue weighted by Crippen LogP contribution is 2.42. The number of amides is 1. The molecule has 6 rings (SSSR count). The molecule has 230 valence electrons. The predicted octanol–water partition coefficient (Wildman–Crippen LogP) is 5.52. The first-order valence-corrected chi connectivity index (χ1v) is 14.5. The molecule has 0 radical (unpaired) electrons. The van der Waals surface area contributed by atoms with Gasteiger partial charge in [0.1, 0.15) is 30.1 Å². The van der Waals surface area contributed by atoms with Crippen molar-refractivity contribution in [2.75, 3.05) is 18.4 Å². The number of hydrogen-bond acceptors (Lipinski definition) is 6. The Bertz CT molecular complexity index is 1750. The monoisotopic (exact) mass is 609 g/mol. The summed E-state index contributed by atoms with van der Waals surface area (Å²) >= 11 is 0. The molecule has 13 heteroatoms. The Morgan fingerprint density at radius 1 is 1.05 bits per heavy atom. The SMILES string of the molecule is Cn1cnnc1-c1cc(F)ccc1-c1cc(NC(=O)c2cc(CN3CCCCC3)cn(CC(F)(F)F)c2=O)nc(C2CC2)c1. The topological polar surface area (TPSA) is 97.9 Å². The number of carbonyl (C=O) groups is 1. The third kappa shape index (κ3) is 6.72. The summed E-state index contributed by atoms with van der Waals surface area (Å²) < 4.78 is 56.8. The van der Waals surface area contributed by atoms with E-state index >= 15 is 0 Å². The Morgan fingerprint density at radius 3 is 2.50 bits per heavy atom. The molecule has 4 heterocycles. The van der Waals surface area contributed by atoms with Crippen LogP contribution in [0.15, 0.2) is 53.7 Å². The van der Waals surface area contributed by atoms with Crippen LogP contribution < -0.4 is 10.9 Å². The lowest BCUT2D eigenvalue weighted by atomic mass is 9.98. The molecule has 1 N–H and O–H groups in total. The van der Waals surface area contributed by atoms with Crippen LogP contribution in [0.2, 0.25) is 0 Å². The maximum atomic E-state index is 14.4. The van der Waals surface area contributed by atoms with Gasteiger partial charge in [-0.2, -0.15) is 13.2 Å². The summed E-state index contributed by atoms with van der Waals surface area (Å²) in [4.78, 5) is 33.4. The average Bonchev–Trinajstić information content (AvgIpc) is 3.74. The van der Waals surface area contributed by atoms with Crippen molar-refractivity contribution in [3.8, 4) is 22.5 Å². The molecule has 1 saturated carbocycles. The first kappa shape index (κ1) is 29.7. The summed E-state index contributed by atoms with van der Waals surface area (Å²) in [5.41, 5.74) is 1.45. The number of hydrogen-bond donors (Lipinski definition) is 1. The lowest BCUT2D eigenvalue weighted by Crippen LogP contribution is -2.35. The molecule has 1 saturated heterocycles. The van der Waals surface area contributed by atoms with Crippen LogP contribution in [-0.4, -0.2) is 54.4 Å². The zero-order chi connectivity index (χ0) is 31.0. The fourth-order valence-corrected chi connectivity index (χ4v) is 5.66. The zero-order valence-electron chi connectivity index (χ0n) is 24.1. The van der Waals surface area contributed by atoms with Crippen molar-refractivity contribution < 1.29 is 22.4 Å². The Morgan fingerprint density at radius 2 is 1.82 bits per heavy atom. The highest BCUT2D eigenvalue weighted by atomic mass is 19.4. The van der Waals surface area contributed by atoms with E-state index in [9.17, 15) is 27.2 Å². The minimum Gasteiger partial charge on any atom is -0.317 e. The van der Waals surface area contributed by atoms with Gasteiger partial charge in [-0.05, 0) is 85.8 Å². The molecule has 9 nitrogen and oxygen atoms in total. The number of likely N-dealkylation sites (tertiary alicyclic amines) is 1. The fourth-order valence-electron chi connectivity index (χ4n) is 5.66. The van der Waals surface area contributed by atoms with E-state index in [0.29, 0.717) is 44.9 Å². The molecule has 1 aliphatic carbocycles. The van der Waals surface area contributed by atoms with Gasteiger partial charge in [-0.1, -0.05) is 12.5 Å². The van der Waals surface area contributed by atoms with Gasteiger partial charge in [0.15, 0.2) is 5.82 Å². The van der Waals surface area contributed by atoms with E-state index in [1.165, 1.54) is 30.7 Å². The molecule has 0 unspecified atom stereocenters. The quantitative estimate of drug-likeness (QED) is 0.264. The van der Waals surface area contributed by atoms with Crippen molar-refractivity contribution in [3.05, 3.63) is 81.9 Å². The van der Waals surface area contributed by atoms with Crippen LogP contribution in [-0.2, 0) is 20.1 Å². The Kier molecular flexibility index (Phi) is 8.06. The van der Waals surface area contributed by atoms with E-state index in [0.717, 1.165) is 45.2 Å². The van der Waals surface area contributed by atoms with E-state index in [-0.39, 0.29) is 11.7 Å². The number of nitrogens with zero attached hydrogens (tertiary/aromatic N) is 6. The molecule has 1 amide bonds. The van der Waals surface area contributed by atoms with Gasteiger partial charge in [0.05, 0.1) is 0 Å². The zero-order valence-corrected chi connectivity index (χ0v) is 24.1. The van der Waals surface area contributed by atoms with E-state index in [2.05, 4.69) is 25.4 Å². The minimum absolute atomic E-state index is 0.130. The molecule has 4 aromatic rings. The highest BCUT2D eigenvalue weighted by Gasteiger charge is 2.30. The first-order valence-electron chi connectivity index (χ1n) is 14.5. The second kappa shape index (κ2) is 11.9. The molecule has 0 spiro atoms. The number of carbonyl (C=O) groups excluding carboxylic acids is 1. The lowest BCUT2D eigenvalue weighted by Gasteiger charge is -2.26. The van der Waals surface area contributed by atoms with E-state index in [1.54, 1.807) is 23.7 Å². The van der Waals surface area contributed by atoms with Crippen LogP contribution in [0.5, 0.6) is 0 Å². The second-order valence-corrected chi connectivity index (χ2v) is 11.5. The van der Waals surface area contributed by atoms with Crippen molar-refractivity contribution in [1.82, 2.24) is 29.2 Å². The predicted molar refractivity (Wildman–Crippen MR) is 155 cm³/mol. The lowest BCUT2D eigenvalue weighted by molar-refractivity contribution is -0.141. The summed E-state index contributed by atoms with van der Waals surface area (Å²) in [5.74, 6) is -0.584. The smallest absolute Gasteiger partial charge is 0.317 e. The summed E-state index contributed by atoms with van der Waals surface area (Å²) in [6.07, 6.45) is 2.90. The normalized spacial score (nSPS) is 15.8. The van der Waals surface area contributed by atoms with Crippen molar-refractivity contribution in [3.63, 3.8) is 0 Å². The summed E-state index contributed by atoms with van der Waals surface area (Å²) in [6.45, 7) is 0.406. The number of piperidine rings is 1. The molecular formula is C31H31F4N7O2. The minimum atomic E-state index is -4.65. The molecular weight excluding hydrogens is 578 g/mol. The number of anilines is 1. The third-order valence-electron chi connectivity index (χ3n) is 7.92. The molecule has 0 atom stereocenters. The summed E-state index contributed by atoms with van der Waals surface area (Å²) in [5, 5.41) is 10.7. The van der Waals surface area contributed by atoms with Crippen LogP contribution in [0.25, 0.3) is 22.5 Å². The molecule has 44 heavy (non-hydrogen) atoms. The summed E-state index contributed by atoms with van der Waals surface area (Å²) in [6, 6.07) is 9.12. The van der Waals surface area contributed by atoms with Crippen LogP contribution in [0, 0.1) is 5.82 Å². The number of halogens is 4. The van der Waals surface area contributed by atoms with Crippen molar-refractivity contribution in [2.24, 2.45) is 7.05 Å². The number of nitrogens with one attached hydrogen (secondary N) is 1. The molecule has 2 aliphatic rings. The van der Waals surface area contributed by atoms with E-state index in [4.69, 9.17) is 0 Å². The fraction of sp³-hybridized carbons (Fsp3) is 0.387. The van der Waals surface area contributed by atoms with Crippen LogP contribution in [0.4, 0.5) is 23.4 Å². The van der Waals surface area contributed by atoms with Gasteiger partial charge in [-0.25, -0.2) is 9.37 Å². The molecule has 3 aromatic heterocycles. The Balaban J connectivity index is 1.37. The Hall–Kier alpha value is -4.39. The van der Waals surface area contributed by atoms with Crippen LogP contribution >= 0.6 is 0 Å². The first-order chi connectivity index (χ1) is 21.0. The van der Waals surface area contributed by atoms with Crippen molar-refractivity contribution in [1.29, 1.82) is 0 Å². The molecule has 1 aliphatic heterocycles. The standard InChI is InChI=1S/C31H31F4N7O2/c1-40-18-36-39-28(40)24-14-22(32)7-8-23(24)21-12-26(20-5-6-20)37-27(13-21)38-29(43)25-11-19(15-41-9-3-2-4-10-41)16-42(30(25)44)17-31(33,34)35/h7-8,11-14,16,18,20H,2-6,9-10,15,17H2,1H3,(H,37,38,43). The van der Waals surface area contributed by atoms with Gasteiger partial charge in [-0.15, -0.1) is 10.2 Å². The van der Waals surface area contributed by atoms with Gasteiger partial charge >= 0.3 is 6.18 Å². The molecule has 1 aromatic carbocycles. The van der Waals surface area contributed by atoms with Crippen LogP contribution in [0.3, 0.4) is 0 Å². The number of aryl methyl sites for hydroxylation is 1. The number of aromatic nitrogens is 5.